The molecule has 0 amide bonds. The normalized spacial score (nSPS) is 26.7. The summed E-state index contributed by atoms with van der Waals surface area (Å²) in [7, 11) is 0. The van der Waals surface area contributed by atoms with Crippen LogP contribution in [0.15, 0.2) is 6.20 Å². The highest BCUT2D eigenvalue weighted by atomic mass is 32.1. The number of nitrogen functional groups attached to an aromatic ring is 1. The zero-order chi connectivity index (χ0) is 36.2. The van der Waals surface area contributed by atoms with Crippen LogP contribution >= 0.6 is 11.3 Å². The van der Waals surface area contributed by atoms with E-state index in [1.165, 1.54) is 12.8 Å². The van der Waals surface area contributed by atoms with Gasteiger partial charge in [-0.2, -0.15) is 15.2 Å². The van der Waals surface area contributed by atoms with Crippen molar-refractivity contribution in [3.63, 3.8) is 0 Å². The first kappa shape index (κ1) is 33.8. The zero-order valence-electron chi connectivity index (χ0n) is 29.7. The molecule has 0 radical (unpaired) electrons. The van der Waals surface area contributed by atoms with E-state index in [1.54, 1.807) is 0 Å². The van der Waals surface area contributed by atoms with Gasteiger partial charge in [0.1, 0.15) is 22.4 Å². The van der Waals surface area contributed by atoms with E-state index < -0.39 is 17.7 Å². The first-order valence-corrected chi connectivity index (χ1v) is 19.7. The lowest BCUT2D eigenvalue weighted by Crippen LogP contribution is -2.55. The van der Waals surface area contributed by atoms with Crippen molar-refractivity contribution in [3.8, 4) is 23.3 Å². The molecule has 3 aromatic heterocycles. The number of nitriles is 1. The SMILES string of the molecule is C[C@@H](O)CN1CC2CCC(C1)N2c1nc(OCC2(CN3C4CCC3CNC4)CC2)nc2c(F)c(-c3ncc(F)c4sc(N)c(C#N)c34)c3c(c12)COC3. The molecule has 5 atom stereocenters. The number of nitrogens with zero attached hydrogens (tertiary/aromatic N) is 7. The Hall–Kier alpha value is -3.78. The number of ether oxygens (including phenoxy) is 2. The van der Waals surface area contributed by atoms with E-state index in [9.17, 15) is 10.4 Å². The highest BCUT2D eigenvalue weighted by molar-refractivity contribution is 7.23. The Morgan fingerprint density at radius 3 is 2.51 bits per heavy atom. The molecule has 10 rings (SSSR count). The average Bonchev–Trinajstić information content (AvgIpc) is 3.30. The van der Waals surface area contributed by atoms with E-state index in [0.29, 0.717) is 42.0 Å². The van der Waals surface area contributed by atoms with Gasteiger partial charge in [-0.15, -0.1) is 11.3 Å². The van der Waals surface area contributed by atoms with E-state index in [0.717, 1.165) is 81.5 Å². The van der Waals surface area contributed by atoms with Gasteiger partial charge in [0.25, 0.3) is 0 Å². The number of benzene rings is 1. The molecule has 4 aromatic rings. The van der Waals surface area contributed by atoms with Crippen LogP contribution in [0.25, 0.3) is 32.2 Å². The lowest BCUT2D eigenvalue weighted by Gasteiger charge is -2.42. The van der Waals surface area contributed by atoms with Crippen molar-refractivity contribution in [2.75, 3.05) is 56.5 Å². The van der Waals surface area contributed by atoms with Crippen molar-refractivity contribution in [3.05, 3.63) is 34.5 Å². The molecule has 1 saturated carbocycles. The molecular weight excluding hydrogens is 701 g/mol. The predicted octanol–water partition coefficient (Wildman–Crippen LogP) is 4.30. The maximum absolute atomic E-state index is 17.6. The number of aliphatic hydroxyl groups excluding tert-OH is 1. The Bertz CT molecular complexity index is 2160. The Labute approximate surface area is 309 Å². The summed E-state index contributed by atoms with van der Waals surface area (Å²) in [6.07, 6.45) is 7.09. The lowest BCUT2D eigenvalue weighted by atomic mass is 9.93. The van der Waals surface area contributed by atoms with Crippen molar-refractivity contribution < 1.29 is 23.4 Å². The molecule has 15 heteroatoms. The van der Waals surface area contributed by atoms with E-state index in [2.05, 4.69) is 31.1 Å². The number of anilines is 2. The number of piperazine rings is 2. The van der Waals surface area contributed by atoms with E-state index in [-0.39, 0.29) is 74.1 Å². The molecule has 278 valence electrons. The molecule has 5 fully saturated rings. The van der Waals surface area contributed by atoms with E-state index >= 15 is 8.78 Å². The van der Waals surface area contributed by atoms with Gasteiger partial charge >= 0.3 is 6.01 Å². The van der Waals surface area contributed by atoms with Crippen LogP contribution in [-0.2, 0) is 18.0 Å². The summed E-state index contributed by atoms with van der Waals surface area (Å²) in [5, 5.41) is 24.8. The lowest BCUT2D eigenvalue weighted by molar-refractivity contribution is 0.0967. The summed E-state index contributed by atoms with van der Waals surface area (Å²) < 4.78 is 45.5. The molecule has 8 heterocycles. The number of nitrogens with one attached hydrogen (secondary N) is 1. The molecular formula is C38H43F2N9O3S. The second-order valence-corrected chi connectivity index (χ2v) is 17.2. The Kier molecular flexibility index (Phi) is 8.05. The Balaban J connectivity index is 1.10. The van der Waals surface area contributed by atoms with E-state index in [1.807, 2.05) is 6.92 Å². The van der Waals surface area contributed by atoms with Crippen molar-refractivity contribution in [2.24, 2.45) is 5.41 Å². The molecule has 5 aliphatic heterocycles. The molecule has 6 aliphatic rings. The van der Waals surface area contributed by atoms with Gasteiger partial charge in [-0.05, 0) is 56.6 Å². The number of halogens is 2. The summed E-state index contributed by atoms with van der Waals surface area (Å²) in [4.78, 5) is 21.7. The van der Waals surface area contributed by atoms with Gasteiger partial charge < -0.3 is 30.5 Å². The number of fused-ring (bicyclic) bond motifs is 8. The van der Waals surface area contributed by atoms with E-state index in [4.69, 9.17) is 25.2 Å². The van der Waals surface area contributed by atoms with Crippen LogP contribution in [0.4, 0.5) is 19.6 Å². The number of rotatable bonds is 9. The molecule has 4 unspecified atom stereocenters. The van der Waals surface area contributed by atoms with Gasteiger partial charge in [0, 0.05) is 79.8 Å². The van der Waals surface area contributed by atoms with Crippen LogP contribution in [0.1, 0.15) is 62.1 Å². The van der Waals surface area contributed by atoms with Crippen LogP contribution in [0.5, 0.6) is 6.01 Å². The third-order valence-electron chi connectivity index (χ3n) is 12.6. The first-order valence-electron chi connectivity index (χ1n) is 18.9. The Morgan fingerprint density at radius 1 is 1.09 bits per heavy atom. The zero-order valence-corrected chi connectivity index (χ0v) is 30.5. The fourth-order valence-electron chi connectivity index (χ4n) is 9.99. The second-order valence-electron chi connectivity index (χ2n) is 16.2. The molecule has 1 aromatic carbocycles. The quantitative estimate of drug-likeness (QED) is 0.225. The standard InChI is InChI=1S/C38H43F2N9O3S/c1-19(50)12-47-13-22-4-5-23(14-47)49(22)36-30-26-16-51-15-25(26)28(32-29-24(8-41)35(42)53-34(29)27(39)11-44-32)31(40)33(30)45-37(46-36)52-18-38(6-7-38)17-48-20-2-3-21(48)10-43-9-20/h11,19-23,43,50H,2-7,9-10,12-18,42H2,1H3/t19-,20?,21?,22?,23?/m1/s1. The van der Waals surface area contributed by atoms with Crippen LogP contribution in [0.2, 0.25) is 0 Å². The fraction of sp³-hybridized carbons (Fsp3) is 0.579. The van der Waals surface area contributed by atoms with Crippen LogP contribution in [-0.4, -0.2) is 106 Å². The monoisotopic (exact) mass is 743 g/mol. The first-order chi connectivity index (χ1) is 25.7. The number of pyridine rings is 1. The Morgan fingerprint density at radius 2 is 1.81 bits per heavy atom. The maximum Gasteiger partial charge on any atom is 0.319 e. The third kappa shape index (κ3) is 5.47. The average molecular weight is 744 g/mol. The summed E-state index contributed by atoms with van der Waals surface area (Å²) in [6.45, 7) is 7.71. The smallest absolute Gasteiger partial charge is 0.319 e. The summed E-state index contributed by atoms with van der Waals surface area (Å²) in [5.74, 6) is -0.615. The molecule has 1 aliphatic carbocycles. The van der Waals surface area contributed by atoms with Gasteiger partial charge in [0.15, 0.2) is 11.6 Å². The molecule has 4 N–H and O–H groups in total. The predicted molar refractivity (Wildman–Crippen MR) is 197 cm³/mol. The van der Waals surface area contributed by atoms with Crippen LogP contribution in [0, 0.1) is 28.4 Å². The van der Waals surface area contributed by atoms with Crippen molar-refractivity contribution in [1.82, 2.24) is 30.1 Å². The minimum atomic E-state index is -0.634. The highest BCUT2D eigenvalue weighted by Crippen LogP contribution is 2.50. The number of hydrogen-bond acceptors (Lipinski definition) is 13. The second kappa shape index (κ2) is 12.6. The van der Waals surface area contributed by atoms with Crippen molar-refractivity contribution >= 4 is 43.1 Å². The molecule has 53 heavy (non-hydrogen) atoms. The number of aliphatic hydroxyl groups is 1. The fourth-order valence-corrected chi connectivity index (χ4v) is 10.9. The van der Waals surface area contributed by atoms with Crippen molar-refractivity contribution in [2.45, 2.75) is 88.9 Å². The molecule has 4 saturated heterocycles. The van der Waals surface area contributed by atoms with Gasteiger partial charge in [-0.3, -0.25) is 14.8 Å². The minimum Gasteiger partial charge on any atom is -0.463 e. The van der Waals surface area contributed by atoms with Crippen LogP contribution < -0.4 is 20.7 Å². The van der Waals surface area contributed by atoms with Gasteiger partial charge in [0.05, 0.1) is 53.5 Å². The summed E-state index contributed by atoms with van der Waals surface area (Å²) in [6, 6.07) is 3.57. The summed E-state index contributed by atoms with van der Waals surface area (Å²) >= 11 is 0.955. The molecule has 12 nitrogen and oxygen atoms in total. The van der Waals surface area contributed by atoms with Gasteiger partial charge in [-0.1, -0.05) is 0 Å². The summed E-state index contributed by atoms with van der Waals surface area (Å²) in [5.41, 5.74) is 7.99. The number of thiophene rings is 1. The topological polar surface area (TPSA) is 149 Å². The van der Waals surface area contributed by atoms with Gasteiger partial charge in [0.2, 0.25) is 0 Å². The number of aromatic nitrogens is 3. The number of β-amino-alcohol motifs (C(OH)–C–C–N with tert-alkyl or cyclic N) is 1. The molecule has 4 bridgehead atoms. The molecule has 0 spiro atoms. The maximum atomic E-state index is 17.6. The van der Waals surface area contributed by atoms with Gasteiger partial charge in [-0.25, -0.2) is 8.78 Å². The number of nitrogens with two attached hydrogens (primary N) is 1. The number of likely N-dealkylation sites (tertiary alicyclic amines) is 1. The number of hydrogen-bond donors (Lipinski definition) is 3. The van der Waals surface area contributed by atoms with Crippen molar-refractivity contribution in [1.29, 1.82) is 5.26 Å². The minimum absolute atomic E-state index is 0.00793. The highest BCUT2D eigenvalue weighted by Gasteiger charge is 2.49. The largest absolute Gasteiger partial charge is 0.463 e. The third-order valence-corrected chi connectivity index (χ3v) is 13.7. The van der Waals surface area contributed by atoms with Crippen LogP contribution in [0.3, 0.4) is 0 Å².